The molecule has 37 heavy (non-hydrogen) atoms. The predicted octanol–water partition coefficient (Wildman–Crippen LogP) is 8.13. The van der Waals surface area contributed by atoms with E-state index in [9.17, 15) is 4.79 Å². The van der Waals surface area contributed by atoms with Crippen LogP contribution in [0.3, 0.4) is 0 Å². The number of hydrogen-bond donors (Lipinski definition) is 0. The van der Waals surface area contributed by atoms with Crippen molar-refractivity contribution in [2.75, 3.05) is 27.2 Å². The Labute approximate surface area is 227 Å². The van der Waals surface area contributed by atoms with Gasteiger partial charge in [-0.2, -0.15) is 0 Å². The molecule has 0 spiro atoms. The van der Waals surface area contributed by atoms with Crippen molar-refractivity contribution in [1.82, 2.24) is 0 Å². The summed E-state index contributed by atoms with van der Waals surface area (Å²) >= 11 is 0. The van der Waals surface area contributed by atoms with Gasteiger partial charge in [0, 0.05) is 18.4 Å². The van der Waals surface area contributed by atoms with Crippen LogP contribution in [0.15, 0.2) is 54.6 Å². The normalized spacial score (nSPS) is 12.3. The van der Waals surface area contributed by atoms with Crippen molar-refractivity contribution in [3.63, 3.8) is 0 Å². The summed E-state index contributed by atoms with van der Waals surface area (Å²) in [4.78, 5) is 12.2. The molecule has 2 aromatic rings. The third-order valence-electron chi connectivity index (χ3n) is 6.99. The van der Waals surface area contributed by atoms with Gasteiger partial charge in [0.2, 0.25) is 0 Å². The summed E-state index contributed by atoms with van der Waals surface area (Å²) in [5.74, 6) is 0.878. The van der Waals surface area contributed by atoms with E-state index in [4.69, 9.17) is 9.47 Å². The molecule has 0 fully saturated rings. The minimum atomic E-state index is -0.0973. The fourth-order valence-electron chi connectivity index (χ4n) is 4.75. The van der Waals surface area contributed by atoms with Gasteiger partial charge < -0.3 is 14.0 Å². The zero-order chi connectivity index (χ0) is 26.8. The summed E-state index contributed by atoms with van der Waals surface area (Å²) in [6.45, 7) is 6.79. The van der Waals surface area contributed by atoms with Crippen molar-refractivity contribution in [1.29, 1.82) is 0 Å². The molecular formula is C33H52NO3+. The number of esters is 1. The highest BCUT2D eigenvalue weighted by molar-refractivity contribution is 5.69. The lowest BCUT2D eigenvalue weighted by molar-refractivity contribution is -0.903. The summed E-state index contributed by atoms with van der Waals surface area (Å²) in [6.07, 6.45) is 13.4. The molecule has 1 unspecified atom stereocenters. The molecule has 0 amide bonds. The number of ether oxygens (including phenoxy) is 2. The number of carbonyl (C=O) groups is 1. The molecule has 0 saturated carbocycles. The van der Waals surface area contributed by atoms with Gasteiger partial charge in [0.25, 0.3) is 0 Å². The molecule has 206 valence electrons. The fourth-order valence-corrected chi connectivity index (χ4v) is 4.75. The minimum Gasteiger partial charge on any atom is -0.490 e. The first kappa shape index (κ1) is 30.9. The molecule has 0 aliphatic heterocycles. The summed E-state index contributed by atoms with van der Waals surface area (Å²) in [5, 5.41) is 0. The third-order valence-corrected chi connectivity index (χ3v) is 6.99. The Balaban J connectivity index is 1.58. The van der Waals surface area contributed by atoms with Crippen LogP contribution in [-0.4, -0.2) is 43.8 Å². The first-order valence-electron chi connectivity index (χ1n) is 14.7. The smallest absolute Gasteiger partial charge is 0.305 e. The largest absolute Gasteiger partial charge is 0.490 e. The van der Waals surface area contributed by atoms with Gasteiger partial charge in [0.1, 0.15) is 12.3 Å². The number of nitrogens with zero attached hydrogens (tertiary/aromatic N) is 1. The number of unbranched alkanes of at least 4 members (excludes halogenated alkanes) is 7. The number of para-hydroxylation sites is 1. The van der Waals surface area contributed by atoms with Crippen LogP contribution < -0.4 is 4.74 Å². The quantitative estimate of drug-likeness (QED) is 0.102. The van der Waals surface area contributed by atoms with Crippen LogP contribution in [0.2, 0.25) is 0 Å². The third kappa shape index (κ3) is 14.3. The molecule has 0 aromatic heterocycles. The average molecular weight is 511 g/mol. The van der Waals surface area contributed by atoms with Gasteiger partial charge in [-0.15, -0.1) is 0 Å². The number of carbonyl (C=O) groups excluding carboxylic acids is 1. The monoisotopic (exact) mass is 510 g/mol. The molecule has 0 aliphatic carbocycles. The second kappa shape index (κ2) is 18.0. The van der Waals surface area contributed by atoms with E-state index in [2.05, 4.69) is 76.5 Å². The molecule has 4 heteroatoms. The second-order valence-electron chi connectivity index (χ2n) is 11.2. The zero-order valence-corrected chi connectivity index (χ0v) is 24.1. The average Bonchev–Trinajstić information content (AvgIpc) is 2.87. The van der Waals surface area contributed by atoms with Crippen molar-refractivity contribution >= 4 is 5.97 Å². The molecule has 1 atom stereocenters. The summed E-state index contributed by atoms with van der Waals surface area (Å²) < 4.78 is 12.7. The molecule has 0 aliphatic rings. The van der Waals surface area contributed by atoms with Crippen molar-refractivity contribution in [2.45, 2.75) is 104 Å². The molecule has 0 saturated heterocycles. The van der Waals surface area contributed by atoms with Gasteiger partial charge >= 0.3 is 5.97 Å². The van der Waals surface area contributed by atoms with Crippen molar-refractivity contribution in [2.24, 2.45) is 0 Å². The number of benzene rings is 2. The maximum Gasteiger partial charge on any atom is 0.305 e. The van der Waals surface area contributed by atoms with Crippen molar-refractivity contribution in [3.8, 4) is 5.75 Å². The van der Waals surface area contributed by atoms with Gasteiger partial charge in [-0.1, -0.05) is 94.0 Å². The van der Waals surface area contributed by atoms with E-state index in [1.807, 2.05) is 6.07 Å². The summed E-state index contributed by atoms with van der Waals surface area (Å²) in [5.41, 5.74) is 2.64. The molecule has 2 aromatic carbocycles. The van der Waals surface area contributed by atoms with Crippen molar-refractivity contribution in [3.05, 3.63) is 65.7 Å². The SMILES string of the molecule is CCCCCCCCCc1ccccc1OC(C)CCOC(=O)CCCC[N+](C)(C)Cc1ccccc1. The number of rotatable bonds is 20. The summed E-state index contributed by atoms with van der Waals surface area (Å²) in [7, 11) is 4.50. The highest BCUT2D eigenvalue weighted by Gasteiger charge is 2.16. The van der Waals surface area contributed by atoms with E-state index in [1.165, 1.54) is 56.1 Å². The van der Waals surface area contributed by atoms with Gasteiger partial charge in [-0.25, -0.2) is 0 Å². The Morgan fingerprint density at radius 2 is 1.51 bits per heavy atom. The first-order valence-corrected chi connectivity index (χ1v) is 14.7. The van der Waals surface area contributed by atoms with Crippen LogP contribution >= 0.6 is 0 Å². The van der Waals surface area contributed by atoms with E-state index < -0.39 is 0 Å². The molecule has 0 bridgehead atoms. The lowest BCUT2D eigenvalue weighted by atomic mass is 10.0. The van der Waals surface area contributed by atoms with Crippen LogP contribution in [0, 0.1) is 0 Å². The number of quaternary nitrogens is 1. The van der Waals surface area contributed by atoms with E-state index in [0.717, 1.165) is 42.6 Å². The van der Waals surface area contributed by atoms with Gasteiger partial charge in [-0.3, -0.25) is 4.79 Å². The van der Waals surface area contributed by atoms with Gasteiger partial charge in [0.15, 0.2) is 0 Å². The van der Waals surface area contributed by atoms with E-state index in [1.54, 1.807) is 0 Å². The molecule has 4 nitrogen and oxygen atoms in total. The first-order chi connectivity index (χ1) is 17.9. The zero-order valence-electron chi connectivity index (χ0n) is 24.1. The molecular weight excluding hydrogens is 458 g/mol. The van der Waals surface area contributed by atoms with E-state index in [0.29, 0.717) is 19.4 Å². The molecule has 0 radical (unpaired) electrons. The van der Waals surface area contributed by atoms with Crippen LogP contribution in [0.4, 0.5) is 0 Å². The van der Waals surface area contributed by atoms with Crippen LogP contribution in [0.1, 0.15) is 95.6 Å². The van der Waals surface area contributed by atoms with Crippen LogP contribution in [0.5, 0.6) is 5.75 Å². The van der Waals surface area contributed by atoms with Crippen LogP contribution in [0.25, 0.3) is 0 Å². The Kier molecular flexibility index (Phi) is 15.0. The number of hydrogen-bond acceptors (Lipinski definition) is 3. The van der Waals surface area contributed by atoms with Gasteiger partial charge in [-0.05, 0) is 44.2 Å². The van der Waals surface area contributed by atoms with Crippen LogP contribution in [-0.2, 0) is 22.5 Å². The number of aryl methyl sites for hydroxylation is 1. The topological polar surface area (TPSA) is 35.5 Å². The standard InChI is InChI=1S/C33H52NO3/c1-5-6-7-8-9-10-14-21-31-22-15-16-23-32(31)37-29(2)25-27-36-33(35)24-17-18-26-34(3,4)28-30-19-12-11-13-20-30/h11-13,15-16,19-20,22-23,29H,5-10,14,17-18,21,24-28H2,1-4H3/q+1. The minimum absolute atomic E-state index is 0.0130. The highest BCUT2D eigenvalue weighted by Crippen LogP contribution is 2.23. The van der Waals surface area contributed by atoms with Gasteiger partial charge in [0.05, 0.1) is 33.4 Å². The Hall–Kier alpha value is -2.33. The lowest BCUT2D eigenvalue weighted by Crippen LogP contribution is -2.39. The van der Waals surface area contributed by atoms with E-state index in [-0.39, 0.29) is 12.1 Å². The lowest BCUT2D eigenvalue weighted by Gasteiger charge is -2.30. The molecule has 0 N–H and O–H groups in total. The Morgan fingerprint density at radius 1 is 0.838 bits per heavy atom. The molecule has 2 rings (SSSR count). The molecule has 0 heterocycles. The predicted molar refractivity (Wildman–Crippen MR) is 155 cm³/mol. The summed E-state index contributed by atoms with van der Waals surface area (Å²) in [6, 6.07) is 19.0. The maximum absolute atomic E-state index is 12.2. The van der Waals surface area contributed by atoms with E-state index >= 15 is 0 Å². The van der Waals surface area contributed by atoms with Crippen molar-refractivity contribution < 1.29 is 18.8 Å². The highest BCUT2D eigenvalue weighted by atomic mass is 16.5. The Morgan fingerprint density at radius 3 is 2.27 bits per heavy atom. The maximum atomic E-state index is 12.2. The Bertz CT molecular complexity index is 865. The second-order valence-corrected chi connectivity index (χ2v) is 11.2. The fraction of sp³-hybridized carbons (Fsp3) is 0.606.